The number of hydrogen-bond donors (Lipinski definition) is 2. The van der Waals surface area contributed by atoms with Gasteiger partial charge in [-0.15, -0.1) is 24.8 Å². The van der Waals surface area contributed by atoms with E-state index in [1.54, 1.807) is 0 Å². The summed E-state index contributed by atoms with van der Waals surface area (Å²) in [5.41, 5.74) is 7.41. The smallest absolute Gasteiger partial charge is 0.224 e. The van der Waals surface area contributed by atoms with Crippen LogP contribution in [0.4, 0.5) is 5.69 Å². The lowest BCUT2D eigenvalue weighted by molar-refractivity contribution is -0.120. The first-order valence-electron chi connectivity index (χ1n) is 8.81. The van der Waals surface area contributed by atoms with Gasteiger partial charge in [-0.3, -0.25) is 9.69 Å². The van der Waals surface area contributed by atoms with Crippen LogP contribution in [0.1, 0.15) is 39.2 Å². The molecule has 3 N–H and O–H groups in total. The maximum absolute atomic E-state index is 12.2. The number of carbonyl (C=O) groups is 1. The Balaban J connectivity index is 0.00000288. The van der Waals surface area contributed by atoms with Crippen LogP contribution in [0.5, 0.6) is 0 Å². The average Bonchev–Trinajstić information content (AvgIpc) is 2.51. The molecule has 0 aromatic heterocycles. The lowest BCUT2D eigenvalue weighted by atomic mass is 9.94. The van der Waals surface area contributed by atoms with Crippen LogP contribution in [-0.4, -0.2) is 36.5 Å². The van der Waals surface area contributed by atoms with Crippen LogP contribution in [0.25, 0.3) is 0 Å². The van der Waals surface area contributed by atoms with Gasteiger partial charge in [-0.1, -0.05) is 32.9 Å². The standard InChI is InChI=1S/C19H31N3O.2ClH/c1-14(2)18(22-10-8-15(3)9-11-22)13-21-19(23)12-16-4-6-17(20)7-5-16;;/h4-7,14-15,18H,8-13,20H2,1-3H3,(H,21,23);2*1H. The number of benzene rings is 1. The topological polar surface area (TPSA) is 58.4 Å². The number of carbonyl (C=O) groups excluding carboxylic acids is 1. The van der Waals surface area contributed by atoms with Crippen LogP contribution in [0, 0.1) is 11.8 Å². The van der Waals surface area contributed by atoms with E-state index in [0.29, 0.717) is 18.4 Å². The second kappa shape index (κ2) is 11.6. The van der Waals surface area contributed by atoms with E-state index in [9.17, 15) is 4.79 Å². The molecule has 1 aliphatic rings. The molecule has 6 heteroatoms. The van der Waals surface area contributed by atoms with Gasteiger partial charge in [0.15, 0.2) is 0 Å². The second-order valence-corrected chi connectivity index (χ2v) is 7.25. The molecule has 1 aromatic rings. The number of amides is 1. The zero-order chi connectivity index (χ0) is 16.8. The van der Waals surface area contributed by atoms with E-state index in [0.717, 1.165) is 36.8 Å². The third kappa shape index (κ3) is 7.85. The highest BCUT2D eigenvalue weighted by Crippen LogP contribution is 2.21. The van der Waals surface area contributed by atoms with Crippen LogP contribution in [0.2, 0.25) is 0 Å². The molecule has 1 amide bonds. The zero-order valence-corrected chi connectivity index (χ0v) is 17.2. The summed E-state index contributed by atoms with van der Waals surface area (Å²) in [6, 6.07) is 7.95. The van der Waals surface area contributed by atoms with Gasteiger partial charge >= 0.3 is 0 Å². The van der Waals surface area contributed by atoms with E-state index in [4.69, 9.17) is 5.73 Å². The molecule has 1 aliphatic heterocycles. The fourth-order valence-corrected chi connectivity index (χ4v) is 3.25. The summed E-state index contributed by atoms with van der Waals surface area (Å²) in [6.07, 6.45) is 2.95. The molecule has 0 bridgehead atoms. The second-order valence-electron chi connectivity index (χ2n) is 7.25. The molecule has 1 heterocycles. The largest absolute Gasteiger partial charge is 0.399 e. The summed E-state index contributed by atoms with van der Waals surface area (Å²) in [5.74, 6) is 1.46. The van der Waals surface area contributed by atoms with Gasteiger partial charge in [-0.25, -0.2) is 0 Å². The van der Waals surface area contributed by atoms with Crippen LogP contribution in [0.15, 0.2) is 24.3 Å². The molecule has 1 unspecified atom stereocenters. The maximum Gasteiger partial charge on any atom is 0.224 e. The van der Waals surface area contributed by atoms with Crippen molar-refractivity contribution in [2.75, 3.05) is 25.4 Å². The number of likely N-dealkylation sites (tertiary alicyclic amines) is 1. The molecule has 0 radical (unpaired) electrons. The molecule has 1 atom stereocenters. The number of nitrogens with one attached hydrogen (secondary N) is 1. The molecule has 4 nitrogen and oxygen atoms in total. The number of rotatable bonds is 6. The van der Waals surface area contributed by atoms with Gasteiger partial charge < -0.3 is 11.1 Å². The highest BCUT2D eigenvalue weighted by Gasteiger charge is 2.25. The third-order valence-electron chi connectivity index (χ3n) is 4.91. The minimum atomic E-state index is 0. The molecular formula is C19H33Cl2N3O. The van der Waals surface area contributed by atoms with Gasteiger partial charge in [0.05, 0.1) is 6.42 Å². The molecule has 0 saturated carbocycles. The molecule has 144 valence electrons. The fraction of sp³-hybridized carbons (Fsp3) is 0.632. The number of anilines is 1. The minimum Gasteiger partial charge on any atom is -0.399 e. The molecule has 0 spiro atoms. The molecule has 1 saturated heterocycles. The van der Waals surface area contributed by atoms with Crippen molar-refractivity contribution >= 4 is 36.4 Å². The first-order chi connectivity index (χ1) is 11.0. The summed E-state index contributed by atoms with van der Waals surface area (Å²) in [4.78, 5) is 14.7. The first-order valence-corrected chi connectivity index (χ1v) is 8.81. The number of nitrogen functional groups attached to an aromatic ring is 1. The third-order valence-corrected chi connectivity index (χ3v) is 4.91. The van der Waals surface area contributed by atoms with E-state index < -0.39 is 0 Å². The fourth-order valence-electron chi connectivity index (χ4n) is 3.25. The monoisotopic (exact) mass is 389 g/mol. The van der Waals surface area contributed by atoms with Crippen molar-refractivity contribution in [3.05, 3.63) is 29.8 Å². The van der Waals surface area contributed by atoms with Crippen LogP contribution in [0.3, 0.4) is 0 Å². The summed E-state index contributed by atoms with van der Waals surface area (Å²) < 4.78 is 0. The van der Waals surface area contributed by atoms with Crippen molar-refractivity contribution in [2.45, 2.75) is 46.1 Å². The molecule has 1 fully saturated rings. The lowest BCUT2D eigenvalue weighted by Crippen LogP contribution is -2.49. The predicted molar refractivity (Wildman–Crippen MR) is 111 cm³/mol. The normalized spacial score (nSPS) is 16.6. The van der Waals surface area contributed by atoms with Gasteiger partial charge in [-0.2, -0.15) is 0 Å². The van der Waals surface area contributed by atoms with Crippen molar-refractivity contribution in [1.82, 2.24) is 10.2 Å². The van der Waals surface area contributed by atoms with Crippen molar-refractivity contribution in [1.29, 1.82) is 0 Å². The summed E-state index contributed by atoms with van der Waals surface area (Å²) in [7, 11) is 0. The maximum atomic E-state index is 12.2. The Hall–Kier alpha value is -0.970. The summed E-state index contributed by atoms with van der Waals surface area (Å²) in [6.45, 7) is 9.86. The number of piperidine rings is 1. The zero-order valence-electron chi connectivity index (χ0n) is 15.5. The minimum absolute atomic E-state index is 0. The number of hydrogen-bond acceptors (Lipinski definition) is 3. The first kappa shape index (κ1) is 24.0. The average molecular weight is 390 g/mol. The van der Waals surface area contributed by atoms with E-state index in [-0.39, 0.29) is 30.7 Å². The molecular weight excluding hydrogens is 357 g/mol. The van der Waals surface area contributed by atoms with Crippen molar-refractivity contribution in [3.8, 4) is 0 Å². The predicted octanol–water partition coefficient (Wildman–Crippen LogP) is 3.53. The Morgan fingerprint density at radius 3 is 2.28 bits per heavy atom. The summed E-state index contributed by atoms with van der Waals surface area (Å²) in [5, 5.41) is 3.12. The number of halogens is 2. The number of nitrogens with two attached hydrogens (primary N) is 1. The van der Waals surface area contributed by atoms with Crippen LogP contribution in [-0.2, 0) is 11.2 Å². The van der Waals surface area contributed by atoms with E-state index in [1.165, 1.54) is 12.8 Å². The molecule has 1 aromatic carbocycles. The quantitative estimate of drug-likeness (QED) is 0.731. The van der Waals surface area contributed by atoms with E-state index >= 15 is 0 Å². The highest BCUT2D eigenvalue weighted by atomic mass is 35.5. The number of nitrogens with zero attached hydrogens (tertiary/aromatic N) is 1. The Labute approximate surface area is 164 Å². The van der Waals surface area contributed by atoms with Gasteiger partial charge in [0, 0.05) is 18.3 Å². The Morgan fingerprint density at radius 1 is 1.20 bits per heavy atom. The van der Waals surface area contributed by atoms with Crippen molar-refractivity contribution in [2.24, 2.45) is 11.8 Å². The van der Waals surface area contributed by atoms with Crippen molar-refractivity contribution < 1.29 is 4.79 Å². The SMILES string of the molecule is CC1CCN(C(CNC(=O)Cc2ccc(N)cc2)C(C)C)CC1.Cl.Cl. The van der Waals surface area contributed by atoms with Gasteiger partial charge in [0.25, 0.3) is 0 Å². The molecule has 2 rings (SSSR count). The lowest BCUT2D eigenvalue weighted by Gasteiger charge is -2.38. The summed E-state index contributed by atoms with van der Waals surface area (Å²) >= 11 is 0. The Morgan fingerprint density at radius 2 is 1.76 bits per heavy atom. The van der Waals surface area contributed by atoms with E-state index in [2.05, 4.69) is 31.0 Å². The Bertz CT molecular complexity index is 500. The van der Waals surface area contributed by atoms with Gasteiger partial charge in [0.1, 0.15) is 0 Å². The van der Waals surface area contributed by atoms with Gasteiger partial charge in [-0.05, 0) is 55.5 Å². The van der Waals surface area contributed by atoms with Gasteiger partial charge in [0.2, 0.25) is 5.91 Å². The molecule has 25 heavy (non-hydrogen) atoms. The van der Waals surface area contributed by atoms with E-state index in [1.807, 2.05) is 24.3 Å². The van der Waals surface area contributed by atoms with Crippen LogP contribution < -0.4 is 11.1 Å². The molecule has 0 aliphatic carbocycles. The van der Waals surface area contributed by atoms with Crippen LogP contribution >= 0.6 is 24.8 Å². The Kier molecular flexibility index (Phi) is 11.2. The highest BCUT2D eigenvalue weighted by molar-refractivity contribution is 5.85. The van der Waals surface area contributed by atoms with Crippen molar-refractivity contribution in [3.63, 3.8) is 0 Å².